The lowest BCUT2D eigenvalue weighted by Crippen LogP contribution is -2.44. The molecule has 0 aliphatic rings. The van der Waals surface area contributed by atoms with Gasteiger partial charge < -0.3 is 5.32 Å². The van der Waals surface area contributed by atoms with Crippen LogP contribution in [-0.2, 0) is 0 Å². The largest absolute Gasteiger partial charge is 0.349 e. The van der Waals surface area contributed by atoms with E-state index < -0.39 is 0 Å². The fourth-order valence-electron chi connectivity index (χ4n) is 1.88. The maximum Gasteiger partial charge on any atom is 0.252 e. The molecule has 0 aliphatic heterocycles. The molecule has 0 spiro atoms. The molecule has 19 heavy (non-hydrogen) atoms. The maximum absolute atomic E-state index is 12.4. The maximum atomic E-state index is 12.4. The SMILES string of the molecule is Cc1ccc(Br)c(C(=O)NC(CCCl)C(C)(C)C)c1. The molecule has 1 aromatic rings. The van der Waals surface area contributed by atoms with Crippen molar-refractivity contribution in [1.82, 2.24) is 5.32 Å². The molecule has 0 heterocycles. The van der Waals surface area contributed by atoms with E-state index in [4.69, 9.17) is 11.6 Å². The molecule has 1 N–H and O–H groups in total. The normalized spacial score (nSPS) is 13.2. The van der Waals surface area contributed by atoms with Crippen molar-refractivity contribution in [2.75, 3.05) is 5.88 Å². The summed E-state index contributed by atoms with van der Waals surface area (Å²) in [5.74, 6) is 0.484. The lowest BCUT2D eigenvalue weighted by atomic mass is 9.85. The van der Waals surface area contributed by atoms with Crippen molar-refractivity contribution in [3.8, 4) is 0 Å². The molecule has 1 unspecified atom stereocenters. The van der Waals surface area contributed by atoms with E-state index in [0.717, 1.165) is 16.5 Å². The van der Waals surface area contributed by atoms with Crippen LogP contribution in [0.15, 0.2) is 22.7 Å². The molecule has 106 valence electrons. The van der Waals surface area contributed by atoms with E-state index in [-0.39, 0.29) is 17.4 Å². The summed E-state index contributed by atoms with van der Waals surface area (Å²) in [7, 11) is 0. The highest BCUT2D eigenvalue weighted by molar-refractivity contribution is 9.10. The Labute approximate surface area is 129 Å². The highest BCUT2D eigenvalue weighted by Gasteiger charge is 2.26. The summed E-state index contributed by atoms with van der Waals surface area (Å²) in [5.41, 5.74) is 1.72. The van der Waals surface area contributed by atoms with Gasteiger partial charge in [0.1, 0.15) is 0 Å². The zero-order valence-corrected chi connectivity index (χ0v) is 14.2. The van der Waals surface area contributed by atoms with E-state index in [2.05, 4.69) is 42.0 Å². The van der Waals surface area contributed by atoms with Gasteiger partial charge in [0.15, 0.2) is 0 Å². The van der Waals surface area contributed by atoms with Crippen molar-refractivity contribution < 1.29 is 4.79 Å². The molecule has 1 rings (SSSR count). The summed E-state index contributed by atoms with van der Waals surface area (Å²) in [6.45, 7) is 8.30. The fourth-order valence-corrected chi connectivity index (χ4v) is 2.52. The fraction of sp³-hybridized carbons (Fsp3) is 0.533. The number of amides is 1. The smallest absolute Gasteiger partial charge is 0.252 e. The monoisotopic (exact) mass is 345 g/mol. The number of hydrogen-bond acceptors (Lipinski definition) is 1. The third-order valence-electron chi connectivity index (χ3n) is 3.11. The van der Waals surface area contributed by atoms with E-state index in [9.17, 15) is 4.79 Å². The summed E-state index contributed by atoms with van der Waals surface area (Å²) in [6, 6.07) is 5.82. The highest BCUT2D eigenvalue weighted by atomic mass is 79.9. The van der Waals surface area contributed by atoms with Crippen LogP contribution < -0.4 is 5.32 Å². The van der Waals surface area contributed by atoms with E-state index in [1.54, 1.807) is 0 Å². The molecule has 2 nitrogen and oxygen atoms in total. The van der Waals surface area contributed by atoms with Crippen molar-refractivity contribution in [3.63, 3.8) is 0 Å². The Morgan fingerprint density at radius 1 is 1.42 bits per heavy atom. The Hall–Kier alpha value is -0.540. The Morgan fingerprint density at radius 3 is 2.58 bits per heavy atom. The van der Waals surface area contributed by atoms with E-state index in [1.807, 2.05) is 25.1 Å². The summed E-state index contributed by atoms with van der Waals surface area (Å²) in [6.07, 6.45) is 0.764. The minimum Gasteiger partial charge on any atom is -0.349 e. The van der Waals surface area contributed by atoms with Crippen molar-refractivity contribution in [2.45, 2.75) is 40.2 Å². The zero-order valence-electron chi connectivity index (χ0n) is 11.9. The van der Waals surface area contributed by atoms with Gasteiger partial charge in [-0.15, -0.1) is 11.6 Å². The Bertz CT molecular complexity index is 454. The molecule has 1 amide bonds. The van der Waals surface area contributed by atoms with Crippen LogP contribution in [-0.4, -0.2) is 17.8 Å². The second kappa shape index (κ2) is 6.76. The molecular formula is C15H21BrClNO. The third kappa shape index (κ3) is 4.81. The molecule has 1 aromatic carbocycles. The molecule has 4 heteroatoms. The number of nitrogens with one attached hydrogen (secondary N) is 1. The van der Waals surface area contributed by atoms with Crippen LogP contribution >= 0.6 is 27.5 Å². The standard InChI is InChI=1S/C15H21BrClNO/c1-10-5-6-12(16)11(9-10)14(19)18-13(7-8-17)15(2,3)4/h5-6,9,13H,7-8H2,1-4H3,(H,18,19). The van der Waals surface area contributed by atoms with Gasteiger partial charge in [-0.1, -0.05) is 32.4 Å². The second-order valence-corrected chi connectivity index (χ2v) is 7.09. The molecule has 0 saturated heterocycles. The minimum absolute atomic E-state index is 0.0130. The van der Waals surface area contributed by atoms with Gasteiger partial charge in [0, 0.05) is 16.4 Å². The number of alkyl halides is 1. The predicted molar refractivity (Wildman–Crippen MR) is 84.9 cm³/mol. The van der Waals surface area contributed by atoms with Crippen molar-refractivity contribution in [3.05, 3.63) is 33.8 Å². The van der Waals surface area contributed by atoms with Crippen molar-refractivity contribution in [2.24, 2.45) is 5.41 Å². The first-order chi connectivity index (χ1) is 8.75. The van der Waals surface area contributed by atoms with Gasteiger partial charge in [0.25, 0.3) is 5.91 Å². The van der Waals surface area contributed by atoms with Crippen LogP contribution in [0.25, 0.3) is 0 Å². The van der Waals surface area contributed by atoms with Gasteiger partial charge in [-0.3, -0.25) is 4.79 Å². The molecule has 0 aromatic heterocycles. The van der Waals surface area contributed by atoms with E-state index in [1.165, 1.54) is 0 Å². The molecular weight excluding hydrogens is 326 g/mol. The number of rotatable bonds is 4. The predicted octanol–water partition coefficient (Wildman–Crippen LogP) is 4.53. The average molecular weight is 347 g/mol. The summed E-state index contributed by atoms with van der Waals surface area (Å²) in [4.78, 5) is 12.4. The van der Waals surface area contributed by atoms with Crippen LogP contribution in [0.1, 0.15) is 43.1 Å². The van der Waals surface area contributed by atoms with Crippen molar-refractivity contribution in [1.29, 1.82) is 0 Å². The lowest BCUT2D eigenvalue weighted by Gasteiger charge is -2.31. The van der Waals surface area contributed by atoms with Gasteiger partial charge in [-0.05, 0) is 46.8 Å². The van der Waals surface area contributed by atoms with Crippen LogP contribution in [0.3, 0.4) is 0 Å². The summed E-state index contributed by atoms with van der Waals surface area (Å²) >= 11 is 9.25. The Kier molecular flexibility index (Phi) is 5.87. The quantitative estimate of drug-likeness (QED) is 0.797. The van der Waals surface area contributed by atoms with Gasteiger partial charge in [-0.2, -0.15) is 0 Å². The highest BCUT2D eigenvalue weighted by Crippen LogP contribution is 2.24. The molecule has 0 bridgehead atoms. The second-order valence-electron chi connectivity index (χ2n) is 5.85. The van der Waals surface area contributed by atoms with Crippen molar-refractivity contribution >= 4 is 33.4 Å². The molecule has 0 aliphatic carbocycles. The van der Waals surface area contributed by atoms with Gasteiger partial charge in [-0.25, -0.2) is 0 Å². The number of hydrogen-bond donors (Lipinski definition) is 1. The first kappa shape index (κ1) is 16.5. The number of halogens is 2. The lowest BCUT2D eigenvalue weighted by molar-refractivity contribution is 0.0899. The summed E-state index contributed by atoms with van der Waals surface area (Å²) in [5, 5.41) is 3.09. The van der Waals surface area contributed by atoms with Crippen LogP contribution in [0.4, 0.5) is 0 Å². The van der Waals surface area contributed by atoms with E-state index in [0.29, 0.717) is 11.4 Å². The first-order valence-electron chi connectivity index (χ1n) is 6.38. The van der Waals surface area contributed by atoms with Crippen LogP contribution in [0.5, 0.6) is 0 Å². The number of benzene rings is 1. The van der Waals surface area contributed by atoms with Crippen LogP contribution in [0.2, 0.25) is 0 Å². The zero-order chi connectivity index (χ0) is 14.6. The van der Waals surface area contributed by atoms with Crippen LogP contribution in [0, 0.1) is 12.3 Å². The first-order valence-corrected chi connectivity index (χ1v) is 7.71. The molecule has 0 fully saturated rings. The number of carbonyl (C=O) groups is 1. The van der Waals surface area contributed by atoms with Gasteiger partial charge in [0.2, 0.25) is 0 Å². The number of aryl methyl sites for hydroxylation is 1. The topological polar surface area (TPSA) is 29.1 Å². The summed E-state index contributed by atoms with van der Waals surface area (Å²) < 4.78 is 0.814. The molecule has 0 saturated carbocycles. The Morgan fingerprint density at radius 2 is 2.05 bits per heavy atom. The Balaban J connectivity index is 2.91. The van der Waals surface area contributed by atoms with E-state index >= 15 is 0 Å². The molecule has 1 atom stereocenters. The molecule has 0 radical (unpaired) electrons. The minimum atomic E-state index is -0.0550. The number of carbonyl (C=O) groups excluding carboxylic acids is 1. The van der Waals surface area contributed by atoms with Gasteiger partial charge >= 0.3 is 0 Å². The average Bonchev–Trinajstić information content (AvgIpc) is 2.30. The van der Waals surface area contributed by atoms with Gasteiger partial charge in [0.05, 0.1) is 5.56 Å². The third-order valence-corrected chi connectivity index (χ3v) is 4.02.